The standard InChI is InChI=1S/C138H92N2/c1-8-41-93(42-9-1)95-77-83-101(84-78-95)110-90-89-108(92-123(110)99-47-14-4-15-48-99)139(129-75-39-72-126-133(129)121-68-32-35-70-124(121)137(126,104-50-16-5-17-51-104)105-52-18-6-19-53-105)136-120-67-31-26-62-115(120)113-60-24-29-65-118(113)132(136)116-63-27-22-57-109(116)100-85-79-97(80-86-100)103-49-38-56-107(91-103)138(106-54-20-7-21-55-106)125-71-36-33-69-122(125)134-127(138)73-40-76-130(134)140(128-74-37-34-58-111(128)98-45-12-3-13-46-98)135-119-66-30-25-61-114(119)112-59-23-28-64-117(112)131(135)102-87-81-96(82-88-102)94-43-10-2-11-44-94/h1-92H. The van der Waals surface area contributed by atoms with Crippen LogP contribution in [0.15, 0.2) is 558 Å². The van der Waals surface area contributed by atoms with Crippen molar-refractivity contribution in [1.29, 1.82) is 0 Å². The monoisotopic (exact) mass is 1780 g/mol. The van der Waals surface area contributed by atoms with E-state index in [2.05, 4.69) is 568 Å². The van der Waals surface area contributed by atoms with Gasteiger partial charge in [-0.2, -0.15) is 0 Å². The third-order valence-corrected chi connectivity index (χ3v) is 29.6. The molecule has 0 aliphatic heterocycles. The van der Waals surface area contributed by atoms with Gasteiger partial charge in [0.1, 0.15) is 0 Å². The Hall–Kier alpha value is -18.1. The van der Waals surface area contributed by atoms with Crippen LogP contribution in [-0.2, 0) is 10.8 Å². The van der Waals surface area contributed by atoms with Crippen molar-refractivity contribution in [1.82, 2.24) is 0 Å². The molecule has 1 atom stereocenters. The van der Waals surface area contributed by atoms with E-state index >= 15 is 0 Å². The Morgan fingerprint density at radius 2 is 0.414 bits per heavy atom. The molecule has 26 rings (SSSR count). The first-order valence-corrected chi connectivity index (χ1v) is 48.6. The van der Waals surface area contributed by atoms with Crippen molar-refractivity contribution in [2.45, 2.75) is 10.8 Å². The van der Waals surface area contributed by atoms with Gasteiger partial charge in [0.15, 0.2) is 0 Å². The Balaban J connectivity index is 0.664. The predicted molar refractivity (Wildman–Crippen MR) is 589 cm³/mol. The molecule has 2 heteroatoms. The Labute approximate surface area is 816 Å². The maximum absolute atomic E-state index is 2.66. The Morgan fingerprint density at radius 3 is 0.900 bits per heavy atom. The molecule has 0 saturated heterocycles. The van der Waals surface area contributed by atoms with E-state index in [1.54, 1.807) is 0 Å². The average molecular weight is 1780 g/mol. The summed E-state index contributed by atoms with van der Waals surface area (Å²) in [4.78, 5) is 5.31. The van der Waals surface area contributed by atoms with Gasteiger partial charge in [-0.05, 0) is 208 Å². The molecule has 1 unspecified atom stereocenters. The average Bonchev–Trinajstić information content (AvgIpc) is 1.47. The summed E-state index contributed by atoms with van der Waals surface area (Å²) in [6, 6.07) is 209. The van der Waals surface area contributed by atoms with Crippen molar-refractivity contribution in [2.24, 2.45) is 0 Å². The van der Waals surface area contributed by atoms with Crippen LogP contribution in [0.3, 0.4) is 0 Å². The highest BCUT2D eigenvalue weighted by Gasteiger charge is 2.50. The van der Waals surface area contributed by atoms with Crippen LogP contribution in [0.1, 0.15) is 44.5 Å². The first kappa shape index (κ1) is 82.6. The molecule has 0 amide bonds. The highest BCUT2D eigenvalue weighted by molar-refractivity contribution is 6.26. The molecule has 140 heavy (non-hydrogen) atoms. The van der Waals surface area contributed by atoms with Crippen LogP contribution in [0.5, 0.6) is 0 Å². The molecule has 654 valence electrons. The van der Waals surface area contributed by atoms with Gasteiger partial charge >= 0.3 is 0 Å². The maximum atomic E-state index is 2.66. The van der Waals surface area contributed by atoms with Gasteiger partial charge < -0.3 is 9.80 Å². The number of nitrogens with zero attached hydrogens (tertiary/aromatic N) is 2. The lowest BCUT2D eigenvalue weighted by molar-refractivity contribution is 0.768. The fraction of sp³-hybridized carbons (Fsp3) is 0.0145. The maximum Gasteiger partial charge on any atom is 0.0714 e. The molecule has 2 nitrogen and oxygen atoms in total. The largest absolute Gasteiger partial charge is 0.309 e. The van der Waals surface area contributed by atoms with E-state index in [0.29, 0.717) is 0 Å². The van der Waals surface area contributed by atoms with E-state index in [-0.39, 0.29) is 0 Å². The second kappa shape index (κ2) is 34.7. The molecule has 24 aromatic carbocycles. The van der Waals surface area contributed by atoms with Gasteiger partial charge in [0, 0.05) is 44.3 Å². The molecule has 2 aliphatic rings. The zero-order valence-corrected chi connectivity index (χ0v) is 77.0. The molecule has 0 heterocycles. The van der Waals surface area contributed by atoms with Crippen molar-refractivity contribution in [2.75, 3.05) is 9.80 Å². The van der Waals surface area contributed by atoms with Crippen LogP contribution in [0.25, 0.3) is 165 Å². The smallest absolute Gasteiger partial charge is 0.0714 e. The lowest BCUT2D eigenvalue weighted by atomic mass is 9.67. The number of fused-ring (bicyclic) bond motifs is 12. The highest BCUT2D eigenvalue weighted by atomic mass is 15.2. The molecule has 2 aliphatic carbocycles. The first-order valence-electron chi connectivity index (χ1n) is 48.6. The van der Waals surface area contributed by atoms with Gasteiger partial charge in [-0.15, -0.1) is 0 Å². The molecule has 0 fully saturated rings. The molecule has 0 aromatic heterocycles. The van der Waals surface area contributed by atoms with Crippen LogP contribution in [-0.4, -0.2) is 0 Å². The third-order valence-electron chi connectivity index (χ3n) is 29.6. The van der Waals surface area contributed by atoms with Crippen LogP contribution < -0.4 is 9.80 Å². The normalized spacial score (nSPS) is 13.2. The second-order valence-corrected chi connectivity index (χ2v) is 37.0. The first-order chi connectivity index (χ1) is 69.5. The van der Waals surface area contributed by atoms with E-state index in [9.17, 15) is 0 Å². The number of anilines is 6. The summed E-state index contributed by atoms with van der Waals surface area (Å²) in [6.07, 6.45) is 0. The minimum Gasteiger partial charge on any atom is -0.309 e. The molecule has 24 aromatic rings. The van der Waals surface area contributed by atoms with Gasteiger partial charge in [0.25, 0.3) is 0 Å². The minimum atomic E-state index is -0.811. The van der Waals surface area contributed by atoms with Crippen LogP contribution in [0, 0.1) is 0 Å². The number of hydrogen-bond donors (Lipinski definition) is 0. The van der Waals surface area contributed by atoms with E-state index < -0.39 is 10.8 Å². The predicted octanol–water partition coefficient (Wildman–Crippen LogP) is 37.0. The molecule has 0 bridgehead atoms. The summed E-state index contributed by atoms with van der Waals surface area (Å²) >= 11 is 0. The molecular formula is C138H92N2. The summed E-state index contributed by atoms with van der Waals surface area (Å²) in [5, 5.41) is 9.35. The van der Waals surface area contributed by atoms with Crippen molar-refractivity contribution in [3.05, 3.63) is 603 Å². The lowest BCUT2D eigenvalue weighted by Gasteiger charge is -2.36. The Kier molecular flexibility index (Phi) is 20.5. The zero-order valence-electron chi connectivity index (χ0n) is 77.0. The van der Waals surface area contributed by atoms with E-state index in [1.165, 1.54) is 116 Å². The summed E-state index contributed by atoms with van der Waals surface area (Å²) in [6.45, 7) is 0. The van der Waals surface area contributed by atoms with Gasteiger partial charge in [-0.25, -0.2) is 0 Å². The van der Waals surface area contributed by atoms with E-state index in [4.69, 9.17) is 0 Å². The van der Waals surface area contributed by atoms with Crippen LogP contribution in [0.4, 0.5) is 34.1 Å². The van der Waals surface area contributed by atoms with Crippen molar-refractivity contribution < 1.29 is 0 Å². The van der Waals surface area contributed by atoms with Crippen LogP contribution >= 0.6 is 0 Å². The molecule has 0 radical (unpaired) electrons. The number of para-hydroxylation sites is 1. The molecule has 0 N–H and O–H groups in total. The number of rotatable bonds is 19. The fourth-order valence-corrected chi connectivity index (χ4v) is 23.6. The van der Waals surface area contributed by atoms with Crippen molar-refractivity contribution in [3.8, 4) is 122 Å². The molecular weight excluding hydrogens is 1690 g/mol. The SMILES string of the molecule is c1ccc(-c2ccc(-c3ccc(N(c4cccc5c4-c4ccccc4C5(c4ccccc4)c4ccccc4)c4c(-c5ccccc5-c5ccc(-c6cccc(C7(c8ccccc8)c8ccccc8-c8c(N(c9ccccc9-c9ccccc9)c9c(-c%10ccc(-c%11ccccc%11)cc%10)c%10ccccc%10c%10ccccc9%10)cccc87)c6)cc5)c5ccccc5c5ccccc45)cc3-c3ccccc3)cc2)cc1. The van der Waals surface area contributed by atoms with Gasteiger partial charge in [0.05, 0.1) is 39.3 Å². The second-order valence-electron chi connectivity index (χ2n) is 37.0. The number of hydrogen-bond acceptors (Lipinski definition) is 2. The quantitative estimate of drug-likeness (QED) is 0.0745. The summed E-state index contributed by atoms with van der Waals surface area (Å²) in [7, 11) is 0. The van der Waals surface area contributed by atoms with E-state index in [1.807, 2.05) is 0 Å². The Morgan fingerprint density at radius 1 is 0.129 bits per heavy atom. The zero-order chi connectivity index (χ0) is 92.6. The fourth-order valence-electron chi connectivity index (χ4n) is 23.6. The molecule has 0 saturated carbocycles. The summed E-state index contributed by atoms with van der Waals surface area (Å²) in [5.74, 6) is 0. The van der Waals surface area contributed by atoms with E-state index in [0.717, 1.165) is 128 Å². The molecule has 0 spiro atoms. The third kappa shape index (κ3) is 13.5. The highest BCUT2D eigenvalue weighted by Crippen LogP contribution is 2.65. The van der Waals surface area contributed by atoms with Gasteiger partial charge in [-0.3, -0.25) is 0 Å². The lowest BCUT2D eigenvalue weighted by Crippen LogP contribution is -2.28. The summed E-state index contributed by atoms with van der Waals surface area (Å²) < 4.78 is 0. The number of benzene rings is 24. The Bertz CT molecular complexity index is 8830. The topological polar surface area (TPSA) is 6.48 Å². The van der Waals surface area contributed by atoms with Crippen LogP contribution in [0.2, 0.25) is 0 Å². The van der Waals surface area contributed by atoms with Gasteiger partial charge in [0.2, 0.25) is 0 Å². The van der Waals surface area contributed by atoms with Crippen molar-refractivity contribution in [3.63, 3.8) is 0 Å². The minimum absolute atomic E-state index is 0.685. The van der Waals surface area contributed by atoms with Crippen molar-refractivity contribution >= 4 is 77.2 Å². The van der Waals surface area contributed by atoms with Gasteiger partial charge in [-0.1, -0.05) is 522 Å². The summed E-state index contributed by atoms with van der Waals surface area (Å²) in [5.41, 5.74) is 39.9.